The van der Waals surface area contributed by atoms with Gasteiger partial charge in [0.2, 0.25) is 5.91 Å². The van der Waals surface area contributed by atoms with Gasteiger partial charge in [-0.05, 0) is 104 Å². The Morgan fingerprint density at radius 2 is 1.62 bits per heavy atom. The van der Waals surface area contributed by atoms with Crippen LogP contribution in [0.3, 0.4) is 0 Å². The van der Waals surface area contributed by atoms with Crippen molar-refractivity contribution in [3.8, 4) is 5.69 Å². The number of aromatic nitrogens is 2. The maximum atomic E-state index is 14.6. The van der Waals surface area contributed by atoms with E-state index in [1.165, 1.54) is 12.1 Å². The van der Waals surface area contributed by atoms with Crippen molar-refractivity contribution in [3.63, 3.8) is 0 Å². The number of fused-ring (bicyclic) bond motifs is 4. The Bertz CT molecular complexity index is 1740. The second-order valence-electron chi connectivity index (χ2n) is 15.1. The van der Waals surface area contributed by atoms with E-state index in [2.05, 4.69) is 4.98 Å². The zero-order chi connectivity index (χ0) is 34.7. The molecule has 256 valence electrons. The zero-order valence-corrected chi connectivity index (χ0v) is 28.9. The van der Waals surface area contributed by atoms with E-state index in [-0.39, 0.29) is 60.3 Å². The van der Waals surface area contributed by atoms with Gasteiger partial charge in [0.25, 0.3) is 5.91 Å². The lowest BCUT2D eigenvalue weighted by molar-refractivity contribution is -0.150. The highest BCUT2D eigenvalue weighted by atomic mass is 19.1. The van der Waals surface area contributed by atoms with Crippen LogP contribution in [0.15, 0.2) is 42.9 Å². The van der Waals surface area contributed by atoms with Crippen LogP contribution in [-0.2, 0) is 9.53 Å². The van der Waals surface area contributed by atoms with E-state index in [1.54, 1.807) is 50.0 Å². The Balaban J connectivity index is 1.26. The number of likely N-dealkylation sites (tertiary alicyclic amines) is 1. The summed E-state index contributed by atoms with van der Waals surface area (Å²) >= 11 is 0. The maximum absolute atomic E-state index is 14.6. The minimum absolute atomic E-state index is 0.0198. The molecule has 48 heavy (non-hydrogen) atoms. The molecule has 4 aliphatic rings. The third kappa shape index (κ3) is 6.07. The molecule has 1 aliphatic carbocycles. The van der Waals surface area contributed by atoms with Crippen LogP contribution in [0, 0.1) is 17.7 Å². The van der Waals surface area contributed by atoms with Gasteiger partial charge in [0, 0.05) is 54.6 Å². The smallest absolute Gasteiger partial charge is 0.411 e. The predicted molar refractivity (Wildman–Crippen MR) is 179 cm³/mol. The number of ketones is 1. The number of rotatable bonds is 7. The maximum Gasteiger partial charge on any atom is 0.411 e. The second-order valence-corrected chi connectivity index (χ2v) is 15.1. The summed E-state index contributed by atoms with van der Waals surface area (Å²) < 4.78 is 22.1. The summed E-state index contributed by atoms with van der Waals surface area (Å²) in [5.74, 6) is -1.44. The van der Waals surface area contributed by atoms with E-state index >= 15 is 0 Å². The average molecular weight is 660 g/mol. The zero-order valence-electron chi connectivity index (χ0n) is 28.9. The molecule has 3 saturated heterocycles. The number of carbonyl (C=O) groups excluding carboxylic acids is 4. The summed E-state index contributed by atoms with van der Waals surface area (Å²) in [7, 11) is 0. The highest BCUT2D eigenvalue weighted by molar-refractivity contribution is 6.10. The molecular formula is C37H46FN5O5. The van der Waals surface area contributed by atoms with E-state index in [9.17, 15) is 23.6 Å². The van der Waals surface area contributed by atoms with Crippen LogP contribution in [0.4, 0.5) is 9.18 Å². The summed E-state index contributed by atoms with van der Waals surface area (Å²) in [6.07, 6.45) is 8.00. The monoisotopic (exact) mass is 659 g/mol. The van der Waals surface area contributed by atoms with Gasteiger partial charge in [-0.25, -0.2) is 9.18 Å². The van der Waals surface area contributed by atoms with E-state index < -0.39 is 29.5 Å². The molecule has 5 heterocycles. The molecule has 1 saturated carbocycles. The first-order chi connectivity index (χ1) is 22.7. The standard InChI is InChI=1S/C37H46FN5O5/c1-21(2)42(22(3)4)34(45)28-16-25(38)10-13-30(28)41-20-29(27-14-15-39-17-31(27)41)33(44)24-18-40(19-24)35(46)32-23-8-11-26(12-9-23)43(32)36(47)48-37(5,6)7/h10,13-17,20-24,26,32H,8-9,11-12,18-19H2,1-7H3/t23?,26?,32-/m0/s1. The second kappa shape index (κ2) is 12.6. The van der Waals surface area contributed by atoms with Crippen LogP contribution in [-0.4, -0.2) is 90.8 Å². The fourth-order valence-electron chi connectivity index (χ4n) is 7.84. The molecule has 4 fully saturated rings. The number of nitrogens with zero attached hydrogens (tertiary/aromatic N) is 5. The molecule has 2 aromatic heterocycles. The summed E-state index contributed by atoms with van der Waals surface area (Å²) in [5.41, 5.74) is 1.03. The van der Waals surface area contributed by atoms with Crippen molar-refractivity contribution in [2.75, 3.05) is 13.1 Å². The number of amides is 3. The summed E-state index contributed by atoms with van der Waals surface area (Å²) in [6.45, 7) is 13.7. The van der Waals surface area contributed by atoms with E-state index in [0.29, 0.717) is 22.2 Å². The Labute approximate surface area is 281 Å². The summed E-state index contributed by atoms with van der Waals surface area (Å²) in [6, 6.07) is 5.04. The number of carbonyl (C=O) groups is 4. The van der Waals surface area contributed by atoms with E-state index in [0.717, 1.165) is 25.7 Å². The van der Waals surface area contributed by atoms with Crippen molar-refractivity contribution < 1.29 is 28.3 Å². The normalized spacial score (nSPS) is 21.2. The lowest BCUT2D eigenvalue weighted by Crippen LogP contribution is -2.66. The van der Waals surface area contributed by atoms with Gasteiger partial charge in [0.1, 0.15) is 17.5 Å². The van der Waals surface area contributed by atoms with Crippen molar-refractivity contribution in [2.24, 2.45) is 11.8 Å². The highest BCUT2D eigenvalue weighted by Gasteiger charge is 2.52. The van der Waals surface area contributed by atoms with Gasteiger partial charge in [-0.1, -0.05) is 0 Å². The van der Waals surface area contributed by atoms with Crippen molar-refractivity contribution in [2.45, 2.75) is 104 Å². The molecule has 2 bridgehead atoms. The Hall–Kier alpha value is -4.28. The third-order valence-electron chi connectivity index (χ3n) is 9.97. The lowest BCUT2D eigenvalue weighted by Gasteiger charge is -2.52. The molecule has 7 rings (SSSR count). The Kier molecular flexibility index (Phi) is 8.85. The molecule has 0 unspecified atom stereocenters. The van der Waals surface area contributed by atoms with Crippen LogP contribution in [0.1, 0.15) is 94.9 Å². The van der Waals surface area contributed by atoms with Crippen molar-refractivity contribution in [1.82, 2.24) is 24.3 Å². The molecule has 1 atom stereocenters. The van der Waals surface area contributed by atoms with Gasteiger partial charge < -0.3 is 19.1 Å². The van der Waals surface area contributed by atoms with Gasteiger partial charge in [-0.15, -0.1) is 0 Å². The fourth-order valence-corrected chi connectivity index (χ4v) is 7.84. The Morgan fingerprint density at radius 1 is 0.958 bits per heavy atom. The number of halogens is 1. The van der Waals surface area contributed by atoms with Crippen LogP contribution >= 0.6 is 0 Å². The molecule has 3 amide bonds. The summed E-state index contributed by atoms with van der Waals surface area (Å²) in [4.78, 5) is 64.4. The number of pyridine rings is 1. The van der Waals surface area contributed by atoms with Crippen LogP contribution in [0.25, 0.3) is 16.6 Å². The van der Waals surface area contributed by atoms with Gasteiger partial charge in [0.05, 0.1) is 28.9 Å². The van der Waals surface area contributed by atoms with E-state index in [4.69, 9.17) is 4.74 Å². The largest absolute Gasteiger partial charge is 0.444 e. The molecule has 0 radical (unpaired) electrons. The minimum Gasteiger partial charge on any atom is -0.444 e. The summed E-state index contributed by atoms with van der Waals surface area (Å²) in [5, 5.41) is 0.660. The van der Waals surface area contributed by atoms with Crippen LogP contribution in [0.2, 0.25) is 0 Å². The topological polar surface area (TPSA) is 105 Å². The molecule has 11 heteroatoms. The van der Waals surface area contributed by atoms with Crippen molar-refractivity contribution in [3.05, 3.63) is 59.8 Å². The Morgan fingerprint density at radius 3 is 2.25 bits per heavy atom. The van der Waals surface area contributed by atoms with Crippen molar-refractivity contribution in [1.29, 1.82) is 0 Å². The minimum atomic E-state index is -0.672. The first-order valence-electron chi connectivity index (χ1n) is 17.1. The molecule has 3 aliphatic heterocycles. The molecule has 0 spiro atoms. The number of Topliss-reactive ketones (excluding diaryl/α,β-unsaturated/α-hetero) is 1. The van der Waals surface area contributed by atoms with Crippen LogP contribution < -0.4 is 0 Å². The molecule has 10 nitrogen and oxygen atoms in total. The van der Waals surface area contributed by atoms with Crippen molar-refractivity contribution >= 4 is 34.6 Å². The number of hydrogen-bond donors (Lipinski definition) is 0. The molecule has 1 aromatic carbocycles. The molecule has 3 aromatic rings. The number of ether oxygens (including phenoxy) is 1. The van der Waals surface area contributed by atoms with Gasteiger partial charge in [0.15, 0.2) is 5.78 Å². The SMILES string of the molecule is CC(C)N(C(=O)c1cc(F)ccc1-n1cc(C(=O)C2CN(C(=O)[C@@H]3C4CCC(CC4)N3C(=O)OC(C)(C)C)C2)c2ccncc21)C(C)C. The number of benzene rings is 1. The molecule has 0 N–H and O–H groups in total. The van der Waals surface area contributed by atoms with Gasteiger partial charge in [-0.3, -0.25) is 24.3 Å². The molecular weight excluding hydrogens is 613 g/mol. The average Bonchev–Trinajstić information content (AvgIpc) is 3.38. The first-order valence-corrected chi connectivity index (χ1v) is 17.1. The first kappa shape index (κ1) is 33.6. The van der Waals surface area contributed by atoms with Gasteiger partial charge >= 0.3 is 6.09 Å². The quantitative estimate of drug-likeness (QED) is 0.278. The number of piperidine rings is 2. The predicted octanol–water partition coefficient (Wildman–Crippen LogP) is 6.24. The van der Waals surface area contributed by atoms with Crippen LogP contribution in [0.5, 0.6) is 0 Å². The third-order valence-corrected chi connectivity index (χ3v) is 9.97. The number of hydrogen-bond acceptors (Lipinski definition) is 6. The lowest BCUT2D eigenvalue weighted by atomic mass is 9.74. The van der Waals surface area contributed by atoms with E-state index in [1.807, 2.05) is 48.5 Å². The van der Waals surface area contributed by atoms with Gasteiger partial charge in [-0.2, -0.15) is 0 Å². The fraction of sp³-hybridized carbons (Fsp3) is 0.541. The highest BCUT2D eigenvalue weighted by Crippen LogP contribution is 2.42.